The van der Waals surface area contributed by atoms with Gasteiger partial charge in [0.1, 0.15) is 11.9 Å². The Hall–Kier alpha value is -1.20. The summed E-state index contributed by atoms with van der Waals surface area (Å²) < 4.78 is 41.4. The Morgan fingerprint density at radius 1 is 1.33 bits per heavy atom. The van der Waals surface area contributed by atoms with Gasteiger partial charge < -0.3 is 9.52 Å². The molecule has 18 heavy (non-hydrogen) atoms. The lowest BCUT2D eigenvalue weighted by molar-refractivity contribution is -0.140. The third-order valence-corrected chi connectivity index (χ3v) is 2.84. The van der Waals surface area contributed by atoms with Crippen LogP contribution < -0.4 is 0 Å². The molecular formula is C12H10ClF3O2. The fourth-order valence-corrected chi connectivity index (χ4v) is 1.87. The number of hydrogen-bond donors (Lipinski definition) is 1. The Morgan fingerprint density at radius 3 is 2.67 bits per heavy atom. The van der Waals surface area contributed by atoms with Gasteiger partial charge in [0, 0.05) is 11.8 Å². The first-order valence-electron chi connectivity index (χ1n) is 5.29. The molecule has 0 bridgehead atoms. The highest BCUT2D eigenvalue weighted by Gasteiger charge is 2.29. The van der Waals surface area contributed by atoms with E-state index in [0.29, 0.717) is 16.0 Å². The number of hydrogen-bond acceptors (Lipinski definition) is 2. The lowest BCUT2D eigenvalue weighted by atomic mass is 10.1. The molecule has 0 aliphatic carbocycles. The standard InChI is InChI=1S/C12H10ClF3O2/c13-8-3-1-2-7-6-10(18-11(7)8)9(17)4-5-12(14,15)16/h1-3,6,9,17H,4-5H2. The molecule has 98 valence electrons. The minimum absolute atomic E-state index is 0.0994. The number of para-hydroxylation sites is 1. The van der Waals surface area contributed by atoms with Gasteiger partial charge in [0.2, 0.25) is 0 Å². The van der Waals surface area contributed by atoms with Crippen molar-refractivity contribution in [1.82, 2.24) is 0 Å². The molecule has 1 aromatic heterocycles. The van der Waals surface area contributed by atoms with Crippen LogP contribution in [-0.4, -0.2) is 11.3 Å². The van der Waals surface area contributed by atoms with Gasteiger partial charge in [-0.15, -0.1) is 0 Å². The Balaban J connectivity index is 2.18. The first-order valence-corrected chi connectivity index (χ1v) is 5.67. The molecule has 2 aromatic rings. The van der Waals surface area contributed by atoms with E-state index >= 15 is 0 Å². The summed E-state index contributed by atoms with van der Waals surface area (Å²) in [7, 11) is 0. The number of rotatable bonds is 3. The van der Waals surface area contributed by atoms with E-state index in [9.17, 15) is 18.3 Å². The number of benzene rings is 1. The van der Waals surface area contributed by atoms with Crippen molar-refractivity contribution in [3.63, 3.8) is 0 Å². The Bertz CT molecular complexity index is 548. The zero-order valence-electron chi connectivity index (χ0n) is 9.17. The summed E-state index contributed by atoms with van der Waals surface area (Å²) in [5.41, 5.74) is 0.375. The second-order valence-corrected chi connectivity index (χ2v) is 4.38. The fraction of sp³-hybridized carbons (Fsp3) is 0.333. The van der Waals surface area contributed by atoms with Crippen molar-refractivity contribution in [2.24, 2.45) is 0 Å². The first-order chi connectivity index (χ1) is 8.37. The smallest absolute Gasteiger partial charge is 0.389 e. The highest BCUT2D eigenvalue weighted by Crippen LogP contribution is 2.32. The van der Waals surface area contributed by atoms with Crippen molar-refractivity contribution in [2.75, 3.05) is 0 Å². The van der Waals surface area contributed by atoms with E-state index in [1.807, 2.05) is 0 Å². The van der Waals surface area contributed by atoms with Crippen molar-refractivity contribution < 1.29 is 22.7 Å². The summed E-state index contributed by atoms with van der Waals surface area (Å²) in [6.45, 7) is 0. The van der Waals surface area contributed by atoms with E-state index in [1.165, 1.54) is 6.07 Å². The third kappa shape index (κ3) is 2.97. The van der Waals surface area contributed by atoms with Gasteiger partial charge in [0.25, 0.3) is 0 Å². The van der Waals surface area contributed by atoms with Gasteiger partial charge in [0.15, 0.2) is 5.58 Å². The fourth-order valence-electron chi connectivity index (χ4n) is 1.65. The second-order valence-electron chi connectivity index (χ2n) is 3.98. The summed E-state index contributed by atoms with van der Waals surface area (Å²) in [4.78, 5) is 0. The molecule has 2 rings (SSSR count). The molecular weight excluding hydrogens is 269 g/mol. The summed E-state index contributed by atoms with van der Waals surface area (Å²) in [5.74, 6) is 0.0994. The van der Waals surface area contributed by atoms with Crippen LogP contribution in [0.2, 0.25) is 5.02 Å². The number of fused-ring (bicyclic) bond motifs is 1. The summed E-state index contributed by atoms with van der Waals surface area (Å²) >= 11 is 5.87. The van der Waals surface area contributed by atoms with Gasteiger partial charge in [-0.05, 0) is 18.6 Å². The van der Waals surface area contributed by atoms with E-state index in [2.05, 4.69) is 0 Å². The first kappa shape index (κ1) is 13.2. The van der Waals surface area contributed by atoms with Crippen molar-refractivity contribution in [3.8, 4) is 0 Å². The monoisotopic (exact) mass is 278 g/mol. The largest absolute Gasteiger partial charge is 0.457 e. The predicted molar refractivity (Wildman–Crippen MR) is 61.5 cm³/mol. The van der Waals surface area contributed by atoms with Crippen LogP contribution in [0.3, 0.4) is 0 Å². The summed E-state index contributed by atoms with van der Waals surface area (Å²) in [6.07, 6.45) is -7.06. The van der Waals surface area contributed by atoms with Crippen LogP contribution in [0.25, 0.3) is 11.0 Å². The van der Waals surface area contributed by atoms with Crippen molar-refractivity contribution in [2.45, 2.75) is 25.1 Å². The average molecular weight is 279 g/mol. The SMILES string of the molecule is OC(CCC(F)(F)F)c1cc2cccc(Cl)c2o1. The molecule has 1 N–H and O–H groups in total. The minimum Gasteiger partial charge on any atom is -0.457 e. The zero-order valence-corrected chi connectivity index (χ0v) is 9.92. The average Bonchev–Trinajstić information content (AvgIpc) is 2.70. The van der Waals surface area contributed by atoms with Crippen molar-refractivity contribution >= 4 is 22.6 Å². The number of alkyl halides is 3. The van der Waals surface area contributed by atoms with Crippen molar-refractivity contribution in [3.05, 3.63) is 35.0 Å². The third-order valence-electron chi connectivity index (χ3n) is 2.54. The molecule has 6 heteroatoms. The van der Waals surface area contributed by atoms with Gasteiger partial charge in [-0.2, -0.15) is 13.2 Å². The van der Waals surface area contributed by atoms with Gasteiger partial charge in [0.05, 0.1) is 5.02 Å². The molecule has 1 unspecified atom stereocenters. The summed E-state index contributed by atoms with van der Waals surface area (Å²) in [5, 5.41) is 10.7. The zero-order chi connectivity index (χ0) is 13.3. The van der Waals surface area contributed by atoms with E-state index in [1.54, 1.807) is 18.2 Å². The van der Waals surface area contributed by atoms with E-state index < -0.39 is 25.1 Å². The molecule has 0 fully saturated rings. The molecule has 2 nitrogen and oxygen atoms in total. The van der Waals surface area contributed by atoms with Crippen LogP contribution >= 0.6 is 11.6 Å². The minimum atomic E-state index is -4.29. The maximum absolute atomic E-state index is 12.0. The predicted octanol–water partition coefficient (Wildman–Crippen LogP) is 4.46. The van der Waals surface area contributed by atoms with Crippen molar-refractivity contribution in [1.29, 1.82) is 0 Å². The number of aliphatic hydroxyl groups is 1. The lowest BCUT2D eigenvalue weighted by Gasteiger charge is -2.09. The molecule has 1 aromatic carbocycles. The normalized spacial score (nSPS) is 14.1. The molecule has 1 atom stereocenters. The molecule has 0 aliphatic rings. The van der Waals surface area contributed by atoms with Crippen LogP contribution in [0.5, 0.6) is 0 Å². The topological polar surface area (TPSA) is 33.4 Å². The number of halogens is 4. The lowest BCUT2D eigenvalue weighted by Crippen LogP contribution is -2.09. The van der Waals surface area contributed by atoms with E-state index in [0.717, 1.165) is 0 Å². The van der Waals surface area contributed by atoms with Crippen LogP contribution in [0.15, 0.2) is 28.7 Å². The van der Waals surface area contributed by atoms with Gasteiger partial charge in [-0.25, -0.2) is 0 Å². The number of aliphatic hydroxyl groups excluding tert-OH is 1. The van der Waals surface area contributed by atoms with Crippen LogP contribution in [-0.2, 0) is 0 Å². The summed E-state index contributed by atoms with van der Waals surface area (Å²) in [6, 6.07) is 6.53. The number of furan rings is 1. The Labute approximate surface area is 106 Å². The second kappa shape index (κ2) is 4.82. The van der Waals surface area contributed by atoms with Gasteiger partial charge in [-0.1, -0.05) is 23.7 Å². The van der Waals surface area contributed by atoms with Crippen LogP contribution in [0.1, 0.15) is 24.7 Å². The maximum Gasteiger partial charge on any atom is 0.389 e. The Morgan fingerprint density at radius 2 is 2.06 bits per heavy atom. The molecule has 0 saturated carbocycles. The van der Waals surface area contributed by atoms with E-state index in [-0.39, 0.29) is 5.76 Å². The van der Waals surface area contributed by atoms with Gasteiger partial charge in [-0.3, -0.25) is 0 Å². The van der Waals surface area contributed by atoms with Crippen LogP contribution in [0.4, 0.5) is 13.2 Å². The molecule has 0 amide bonds. The quantitative estimate of drug-likeness (QED) is 0.899. The molecule has 0 radical (unpaired) electrons. The highest BCUT2D eigenvalue weighted by molar-refractivity contribution is 6.34. The molecule has 0 saturated heterocycles. The Kier molecular flexibility index (Phi) is 3.54. The molecule has 0 spiro atoms. The van der Waals surface area contributed by atoms with E-state index in [4.69, 9.17) is 16.0 Å². The van der Waals surface area contributed by atoms with Crippen LogP contribution in [0, 0.1) is 0 Å². The molecule has 1 heterocycles. The highest BCUT2D eigenvalue weighted by atomic mass is 35.5. The van der Waals surface area contributed by atoms with Gasteiger partial charge >= 0.3 is 6.18 Å². The molecule has 0 aliphatic heterocycles. The maximum atomic E-state index is 12.0.